The molecule has 6 nitrogen and oxygen atoms in total. The Morgan fingerprint density at radius 3 is 1.79 bits per heavy atom. The van der Waals surface area contributed by atoms with Crippen molar-refractivity contribution in [1.82, 2.24) is 14.5 Å². The van der Waals surface area contributed by atoms with Crippen molar-refractivity contribution < 1.29 is 9.47 Å². The second kappa shape index (κ2) is 10.8. The number of hydrogen-bond donors (Lipinski definition) is 1. The second-order valence-corrected chi connectivity index (χ2v) is 9.40. The first-order chi connectivity index (χ1) is 18.7. The average Bonchev–Trinajstić information content (AvgIpc) is 3.55. The topological polar surface area (TPSA) is 57.4 Å². The van der Waals surface area contributed by atoms with E-state index in [-0.39, 0.29) is 5.69 Å². The largest absolute Gasteiger partial charge is 0.492 e. The van der Waals surface area contributed by atoms with Gasteiger partial charge in [-0.15, -0.1) is 0 Å². The molecule has 4 aromatic carbocycles. The monoisotopic (exact) mass is 503 g/mol. The maximum atomic E-state index is 13.1. The van der Waals surface area contributed by atoms with Crippen LogP contribution in [-0.4, -0.2) is 28.3 Å². The van der Waals surface area contributed by atoms with E-state index in [1.807, 2.05) is 78.9 Å². The maximum Gasteiger partial charge on any atom is 0.337 e. The molecular weight excluding hydrogens is 474 g/mol. The molecule has 1 aliphatic rings. The van der Waals surface area contributed by atoms with E-state index in [2.05, 4.69) is 29.6 Å². The average molecular weight is 504 g/mol. The van der Waals surface area contributed by atoms with Crippen molar-refractivity contribution in [2.24, 2.45) is 0 Å². The number of ether oxygens (including phenoxy) is 2. The molecule has 0 amide bonds. The number of nitrogens with one attached hydrogen (secondary N) is 1. The SMILES string of the molecule is O=c1n(-c2ccc(OCCNC3Cc4ccccc4C3)cc2)ccn1-c1ccc(Oc2ccccc2)cc1. The lowest BCUT2D eigenvalue weighted by Crippen LogP contribution is -2.33. The predicted molar refractivity (Wildman–Crippen MR) is 149 cm³/mol. The van der Waals surface area contributed by atoms with Crippen LogP contribution in [0.5, 0.6) is 17.2 Å². The van der Waals surface area contributed by atoms with E-state index in [9.17, 15) is 4.79 Å². The summed E-state index contributed by atoms with van der Waals surface area (Å²) in [4.78, 5) is 13.1. The molecule has 0 spiro atoms. The minimum atomic E-state index is -0.142. The van der Waals surface area contributed by atoms with Crippen LogP contribution in [0, 0.1) is 0 Å². The van der Waals surface area contributed by atoms with Crippen LogP contribution in [0.25, 0.3) is 11.4 Å². The lowest BCUT2D eigenvalue weighted by atomic mass is 10.1. The van der Waals surface area contributed by atoms with Gasteiger partial charge in [-0.2, -0.15) is 0 Å². The van der Waals surface area contributed by atoms with Crippen molar-refractivity contribution in [2.45, 2.75) is 18.9 Å². The van der Waals surface area contributed by atoms with Gasteiger partial charge in [0.2, 0.25) is 0 Å². The van der Waals surface area contributed by atoms with Gasteiger partial charge in [0.15, 0.2) is 0 Å². The fraction of sp³-hybridized carbons (Fsp3) is 0.156. The molecule has 1 heterocycles. The summed E-state index contributed by atoms with van der Waals surface area (Å²) >= 11 is 0. The van der Waals surface area contributed by atoms with Crippen LogP contribution >= 0.6 is 0 Å². The minimum absolute atomic E-state index is 0.142. The Labute approximate surface area is 221 Å². The van der Waals surface area contributed by atoms with Crippen LogP contribution in [0.1, 0.15) is 11.1 Å². The summed E-state index contributed by atoms with van der Waals surface area (Å²) in [5, 5.41) is 3.60. The Hall–Kier alpha value is -4.55. The lowest BCUT2D eigenvalue weighted by Gasteiger charge is -2.13. The molecule has 0 radical (unpaired) electrons. The summed E-state index contributed by atoms with van der Waals surface area (Å²) in [6.45, 7) is 1.38. The predicted octanol–water partition coefficient (Wildman–Crippen LogP) is 5.56. The summed E-state index contributed by atoms with van der Waals surface area (Å²) < 4.78 is 15.0. The van der Waals surface area contributed by atoms with Crippen LogP contribution in [-0.2, 0) is 12.8 Å². The Kier molecular flexibility index (Phi) is 6.79. The highest BCUT2D eigenvalue weighted by atomic mass is 16.5. The van der Waals surface area contributed by atoms with Gasteiger partial charge in [-0.05, 0) is 84.6 Å². The summed E-state index contributed by atoms with van der Waals surface area (Å²) in [5.74, 6) is 2.27. The van der Waals surface area contributed by atoms with Crippen LogP contribution in [0.15, 0.2) is 120 Å². The first-order valence-electron chi connectivity index (χ1n) is 12.9. The van der Waals surface area contributed by atoms with E-state index in [4.69, 9.17) is 9.47 Å². The standard InChI is InChI=1S/C32H29N3O3/c36-32-34(19-20-35(32)28-12-16-31(17-13-28)38-30-8-2-1-3-9-30)27-10-14-29(15-11-27)37-21-18-33-26-22-24-6-4-5-7-25(24)23-26/h1-17,19-20,26,33H,18,21-23H2. The van der Waals surface area contributed by atoms with Crippen molar-refractivity contribution in [3.8, 4) is 28.6 Å². The summed E-state index contributed by atoms with van der Waals surface area (Å²) in [6, 6.07) is 33.8. The van der Waals surface area contributed by atoms with E-state index in [1.54, 1.807) is 21.5 Å². The number of imidazole rings is 1. The van der Waals surface area contributed by atoms with Crippen LogP contribution in [0.2, 0.25) is 0 Å². The van der Waals surface area contributed by atoms with Gasteiger partial charge in [-0.3, -0.25) is 9.13 Å². The molecule has 5 aromatic rings. The first kappa shape index (κ1) is 23.8. The van der Waals surface area contributed by atoms with E-state index >= 15 is 0 Å². The van der Waals surface area contributed by atoms with Gasteiger partial charge in [-0.1, -0.05) is 42.5 Å². The fourth-order valence-electron chi connectivity index (χ4n) is 4.91. The molecular formula is C32H29N3O3. The molecule has 0 atom stereocenters. The molecule has 0 saturated carbocycles. The third-order valence-corrected chi connectivity index (χ3v) is 6.84. The fourth-order valence-corrected chi connectivity index (χ4v) is 4.91. The third kappa shape index (κ3) is 5.26. The van der Waals surface area contributed by atoms with Crippen molar-refractivity contribution in [1.29, 1.82) is 0 Å². The number of hydrogen-bond acceptors (Lipinski definition) is 4. The molecule has 0 bridgehead atoms. The van der Waals surface area contributed by atoms with Gasteiger partial charge in [0, 0.05) is 25.0 Å². The zero-order valence-electron chi connectivity index (χ0n) is 21.0. The van der Waals surface area contributed by atoms with Gasteiger partial charge >= 0.3 is 5.69 Å². The molecule has 6 rings (SSSR count). The summed E-state index contributed by atoms with van der Waals surface area (Å²) in [7, 11) is 0. The third-order valence-electron chi connectivity index (χ3n) is 6.84. The van der Waals surface area contributed by atoms with Crippen LogP contribution in [0.3, 0.4) is 0 Å². The van der Waals surface area contributed by atoms with Crippen LogP contribution in [0.4, 0.5) is 0 Å². The van der Waals surface area contributed by atoms with Gasteiger partial charge in [0.05, 0.1) is 11.4 Å². The number of rotatable bonds is 9. The first-order valence-corrected chi connectivity index (χ1v) is 12.9. The van der Waals surface area contributed by atoms with E-state index < -0.39 is 0 Å². The van der Waals surface area contributed by atoms with Gasteiger partial charge in [0.25, 0.3) is 0 Å². The molecule has 1 N–H and O–H groups in total. The zero-order valence-corrected chi connectivity index (χ0v) is 21.0. The zero-order chi connectivity index (χ0) is 25.7. The Morgan fingerprint density at radius 1 is 0.658 bits per heavy atom. The molecule has 0 saturated heterocycles. The molecule has 0 fully saturated rings. The van der Waals surface area contributed by atoms with Crippen LogP contribution < -0.4 is 20.5 Å². The Morgan fingerprint density at radius 2 is 1.18 bits per heavy atom. The number of para-hydroxylation sites is 1. The molecule has 1 aliphatic carbocycles. The summed E-state index contributed by atoms with van der Waals surface area (Å²) in [6.07, 6.45) is 5.69. The molecule has 1 aromatic heterocycles. The highest BCUT2D eigenvalue weighted by Crippen LogP contribution is 2.23. The minimum Gasteiger partial charge on any atom is -0.492 e. The highest BCUT2D eigenvalue weighted by molar-refractivity contribution is 5.42. The van der Waals surface area contributed by atoms with Crippen molar-refractivity contribution in [2.75, 3.05) is 13.2 Å². The number of fused-ring (bicyclic) bond motifs is 1. The smallest absolute Gasteiger partial charge is 0.337 e. The quantitative estimate of drug-likeness (QED) is 0.268. The maximum absolute atomic E-state index is 13.1. The van der Waals surface area contributed by atoms with E-state index in [0.717, 1.165) is 42.3 Å². The Bertz CT molecular complexity index is 1530. The summed E-state index contributed by atoms with van der Waals surface area (Å²) in [5.41, 5.74) is 4.30. The second-order valence-electron chi connectivity index (χ2n) is 9.40. The number of aromatic nitrogens is 2. The van der Waals surface area contributed by atoms with Crippen molar-refractivity contribution >= 4 is 0 Å². The molecule has 0 unspecified atom stereocenters. The van der Waals surface area contributed by atoms with E-state index in [1.165, 1.54) is 11.1 Å². The lowest BCUT2D eigenvalue weighted by molar-refractivity contribution is 0.305. The number of nitrogens with zero attached hydrogens (tertiary/aromatic N) is 2. The Balaban J connectivity index is 1.03. The van der Waals surface area contributed by atoms with Gasteiger partial charge in [-0.25, -0.2) is 4.79 Å². The molecule has 0 aliphatic heterocycles. The van der Waals surface area contributed by atoms with Gasteiger partial charge < -0.3 is 14.8 Å². The molecule has 38 heavy (non-hydrogen) atoms. The van der Waals surface area contributed by atoms with E-state index in [0.29, 0.717) is 18.4 Å². The van der Waals surface area contributed by atoms with Crippen molar-refractivity contribution in [3.05, 3.63) is 137 Å². The molecule has 6 heteroatoms. The number of benzene rings is 4. The normalized spacial score (nSPS) is 12.8. The van der Waals surface area contributed by atoms with Crippen molar-refractivity contribution in [3.63, 3.8) is 0 Å². The van der Waals surface area contributed by atoms with Gasteiger partial charge in [0.1, 0.15) is 23.9 Å². The highest BCUT2D eigenvalue weighted by Gasteiger charge is 2.19. The molecule has 190 valence electrons.